The maximum absolute atomic E-state index is 11.2. The van der Waals surface area contributed by atoms with Crippen molar-refractivity contribution in [1.82, 2.24) is 4.57 Å². The first kappa shape index (κ1) is 11.3. The van der Waals surface area contributed by atoms with E-state index in [4.69, 9.17) is 0 Å². The van der Waals surface area contributed by atoms with Crippen LogP contribution in [0.1, 0.15) is 35.8 Å². The Morgan fingerprint density at radius 3 is 2.89 bits per heavy atom. The number of nitrogens with zero attached hydrogens (tertiary/aromatic N) is 1. The summed E-state index contributed by atoms with van der Waals surface area (Å²) in [4.78, 5) is 11.2. The number of fused-ring (bicyclic) bond motifs is 1. The molecule has 1 aliphatic rings. The summed E-state index contributed by atoms with van der Waals surface area (Å²) in [5, 5.41) is 1.16. The number of hydrogen-bond acceptors (Lipinski definition) is 1. The summed E-state index contributed by atoms with van der Waals surface area (Å²) in [6.07, 6.45) is 7.72. The molecule has 0 atom stereocenters. The van der Waals surface area contributed by atoms with Crippen LogP contribution in [-0.4, -0.2) is 10.9 Å². The molecule has 0 bridgehead atoms. The topological polar surface area (TPSA) is 22.0 Å². The number of aldehydes is 1. The van der Waals surface area contributed by atoms with Crippen LogP contribution in [0.15, 0.2) is 30.3 Å². The third-order valence-corrected chi connectivity index (χ3v) is 3.59. The molecule has 0 unspecified atom stereocenters. The fourth-order valence-corrected chi connectivity index (χ4v) is 2.54. The summed E-state index contributed by atoms with van der Waals surface area (Å²) >= 11 is 0. The highest BCUT2D eigenvalue weighted by Crippen LogP contribution is 2.34. The zero-order valence-corrected chi connectivity index (χ0v) is 10.6. The Hall–Kier alpha value is -1.83. The van der Waals surface area contributed by atoms with E-state index in [1.807, 2.05) is 25.1 Å². The molecule has 18 heavy (non-hydrogen) atoms. The lowest BCUT2D eigenvalue weighted by Crippen LogP contribution is -2.04. The van der Waals surface area contributed by atoms with Crippen molar-refractivity contribution in [2.75, 3.05) is 0 Å². The Morgan fingerprint density at radius 2 is 2.22 bits per heavy atom. The maximum atomic E-state index is 11.2. The van der Waals surface area contributed by atoms with E-state index in [0.29, 0.717) is 0 Å². The van der Waals surface area contributed by atoms with E-state index >= 15 is 0 Å². The predicted molar refractivity (Wildman–Crippen MR) is 74.8 cm³/mol. The molecule has 0 spiro atoms. The molecule has 2 heteroatoms. The van der Waals surface area contributed by atoms with Crippen molar-refractivity contribution in [3.05, 3.63) is 41.6 Å². The Balaban J connectivity index is 2.23. The first-order valence-electron chi connectivity index (χ1n) is 6.53. The molecule has 1 fully saturated rings. The number of allylic oxidation sites excluding steroid dienone is 1. The molecule has 1 saturated carbocycles. The zero-order chi connectivity index (χ0) is 12.5. The number of hydrogen-bond donors (Lipinski definition) is 0. The molecule has 2 aromatic rings. The van der Waals surface area contributed by atoms with Gasteiger partial charge in [0.15, 0.2) is 6.29 Å². The van der Waals surface area contributed by atoms with Gasteiger partial charge in [-0.25, -0.2) is 0 Å². The van der Waals surface area contributed by atoms with E-state index in [1.54, 1.807) is 0 Å². The van der Waals surface area contributed by atoms with Gasteiger partial charge >= 0.3 is 0 Å². The van der Waals surface area contributed by atoms with Crippen LogP contribution < -0.4 is 0 Å². The molecule has 0 amide bonds. The molecule has 0 radical (unpaired) electrons. The predicted octanol–water partition coefficient (Wildman–Crippen LogP) is 3.90. The highest BCUT2D eigenvalue weighted by Gasteiger charge is 2.24. The van der Waals surface area contributed by atoms with Gasteiger partial charge in [-0.2, -0.15) is 0 Å². The standard InChI is InChI=1S/C16H17NO/c1-2-4-13-5-3-6-14-9-15(11-18)17(16(13)14)10-12-7-8-12/h2-6,9,11-12H,7-8,10H2,1H3/b4-2+. The summed E-state index contributed by atoms with van der Waals surface area (Å²) in [6.45, 7) is 3.00. The third kappa shape index (κ3) is 1.88. The number of benzene rings is 1. The molecule has 1 heterocycles. The normalized spacial score (nSPS) is 15.6. The monoisotopic (exact) mass is 239 g/mol. The van der Waals surface area contributed by atoms with Crippen molar-refractivity contribution in [2.24, 2.45) is 5.92 Å². The number of carbonyl (C=O) groups excluding carboxylic acids is 1. The number of carbonyl (C=O) groups is 1. The molecular formula is C16H17NO. The van der Waals surface area contributed by atoms with Crippen molar-refractivity contribution in [3.8, 4) is 0 Å². The van der Waals surface area contributed by atoms with Crippen molar-refractivity contribution in [2.45, 2.75) is 26.3 Å². The van der Waals surface area contributed by atoms with Gasteiger partial charge in [0.25, 0.3) is 0 Å². The Kier molecular flexibility index (Phi) is 2.78. The van der Waals surface area contributed by atoms with E-state index in [2.05, 4.69) is 22.8 Å². The second-order valence-corrected chi connectivity index (χ2v) is 5.03. The van der Waals surface area contributed by atoms with E-state index < -0.39 is 0 Å². The quantitative estimate of drug-likeness (QED) is 0.742. The van der Waals surface area contributed by atoms with Gasteiger partial charge < -0.3 is 4.57 Å². The van der Waals surface area contributed by atoms with E-state index in [0.717, 1.165) is 29.8 Å². The molecule has 0 N–H and O–H groups in total. The third-order valence-electron chi connectivity index (χ3n) is 3.59. The van der Waals surface area contributed by atoms with E-state index in [9.17, 15) is 4.79 Å². The van der Waals surface area contributed by atoms with Crippen LogP contribution in [0.4, 0.5) is 0 Å². The lowest BCUT2D eigenvalue weighted by Gasteiger charge is -2.08. The zero-order valence-electron chi connectivity index (χ0n) is 10.6. The number of para-hydroxylation sites is 1. The van der Waals surface area contributed by atoms with Gasteiger partial charge in [0, 0.05) is 11.9 Å². The van der Waals surface area contributed by atoms with Crippen LogP contribution in [-0.2, 0) is 6.54 Å². The number of rotatable bonds is 4. The minimum atomic E-state index is 0.762. The highest BCUT2D eigenvalue weighted by atomic mass is 16.1. The maximum Gasteiger partial charge on any atom is 0.166 e. The first-order valence-corrected chi connectivity index (χ1v) is 6.53. The Morgan fingerprint density at radius 1 is 1.39 bits per heavy atom. The van der Waals surface area contributed by atoms with Crippen LogP contribution in [0.2, 0.25) is 0 Å². The minimum Gasteiger partial charge on any atom is -0.338 e. The fraction of sp³-hybridized carbons (Fsp3) is 0.312. The molecule has 92 valence electrons. The largest absolute Gasteiger partial charge is 0.338 e. The summed E-state index contributed by atoms with van der Waals surface area (Å²) in [6, 6.07) is 8.24. The molecule has 1 aromatic carbocycles. The molecule has 0 aliphatic heterocycles. The van der Waals surface area contributed by atoms with Crippen molar-refractivity contribution < 1.29 is 4.79 Å². The van der Waals surface area contributed by atoms with Gasteiger partial charge in [0.2, 0.25) is 0 Å². The van der Waals surface area contributed by atoms with E-state index in [1.165, 1.54) is 23.9 Å². The van der Waals surface area contributed by atoms with Gasteiger partial charge in [-0.15, -0.1) is 0 Å². The summed E-state index contributed by atoms with van der Waals surface area (Å²) in [5.41, 5.74) is 3.20. The van der Waals surface area contributed by atoms with Crippen molar-refractivity contribution in [3.63, 3.8) is 0 Å². The van der Waals surface area contributed by atoms with Crippen LogP contribution >= 0.6 is 0 Å². The van der Waals surface area contributed by atoms with Crippen LogP contribution in [0.5, 0.6) is 0 Å². The van der Waals surface area contributed by atoms with Gasteiger partial charge in [-0.05, 0) is 37.3 Å². The number of aromatic nitrogens is 1. The van der Waals surface area contributed by atoms with Crippen LogP contribution in [0.25, 0.3) is 17.0 Å². The Bertz CT molecular complexity index is 617. The van der Waals surface area contributed by atoms with Gasteiger partial charge in [-0.3, -0.25) is 4.79 Å². The van der Waals surface area contributed by atoms with Gasteiger partial charge in [-0.1, -0.05) is 30.4 Å². The summed E-state index contributed by atoms with van der Waals surface area (Å²) < 4.78 is 2.19. The molecule has 3 rings (SSSR count). The van der Waals surface area contributed by atoms with Crippen molar-refractivity contribution >= 4 is 23.3 Å². The molecule has 1 aliphatic carbocycles. The van der Waals surface area contributed by atoms with Crippen LogP contribution in [0.3, 0.4) is 0 Å². The average Bonchev–Trinajstić information content (AvgIpc) is 3.11. The van der Waals surface area contributed by atoms with Gasteiger partial charge in [0.05, 0.1) is 11.2 Å². The summed E-state index contributed by atoms with van der Waals surface area (Å²) in [5.74, 6) is 0.762. The SMILES string of the molecule is C/C=C/c1cccc2cc(C=O)n(CC3CC3)c12. The first-order chi connectivity index (χ1) is 8.83. The molecule has 0 saturated heterocycles. The lowest BCUT2D eigenvalue weighted by atomic mass is 10.1. The second-order valence-electron chi connectivity index (χ2n) is 5.03. The smallest absolute Gasteiger partial charge is 0.166 e. The summed E-state index contributed by atoms with van der Waals surface area (Å²) in [7, 11) is 0. The Labute approximate surface area is 107 Å². The molecule has 1 aromatic heterocycles. The van der Waals surface area contributed by atoms with Gasteiger partial charge in [0.1, 0.15) is 0 Å². The van der Waals surface area contributed by atoms with Crippen LogP contribution in [0, 0.1) is 5.92 Å². The average molecular weight is 239 g/mol. The minimum absolute atomic E-state index is 0.762. The van der Waals surface area contributed by atoms with Crippen molar-refractivity contribution in [1.29, 1.82) is 0 Å². The second kappa shape index (κ2) is 4.45. The highest BCUT2D eigenvalue weighted by molar-refractivity contribution is 5.94. The lowest BCUT2D eigenvalue weighted by molar-refractivity contribution is 0.111. The molecule has 2 nitrogen and oxygen atoms in total. The van der Waals surface area contributed by atoms with E-state index in [-0.39, 0.29) is 0 Å². The fourth-order valence-electron chi connectivity index (χ4n) is 2.54. The molecular weight excluding hydrogens is 222 g/mol.